The number of fused-ring (bicyclic) bond motifs is 1. The van der Waals surface area contributed by atoms with Crippen LogP contribution in [0, 0.1) is 5.82 Å². The van der Waals surface area contributed by atoms with E-state index in [0.717, 1.165) is 22.7 Å². The summed E-state index contributed by atoms with van der Waals surface area (Å²) >= 11 is 0. The first-order valence-electron chi connectivity index (χ1n) is 9.16. The number of rotatable bonds is 6. The highest BCUT2D eigenvalue weighted by atomic mass is 127. The lowest BCUT2D eigenvalue weighted by molar-refractivity contribution is 0.571. The molecule has 0 aliphatic rings. The third kappa shape index (κ3) is 5.12. The van der Waals surface area contributed by atoms with Crippen molar-refractivity contribution >= 4 is 35.6 Å². The van der Waals surface area contributed by atoms with Gasteiger partial charge in [0.25, 0.3) is 0 Å². The Balaban J connectivity index is 0.00000256. The van der Waals surface area contributed by atoms with Crippen LogP contribution in [0.4, 0.5) is 4.39 Å². The number of guanidine groups is 1. The summed E-state index contributed by atoms with van der Waals surface area (Å²) in [6, 6.07) is 11.8. The quantitative estimate of drug-likeness (QED) is 0.230. The molecule has 0 spiro atoms. The molecule has 0 aliphatic heterocycles. The molecule has 0 unspecified atom stereocenters. The molecule has 0 radical (unpaired) electrons. The highest BCUT2D eigenvalue weighted by Gasteiger charge is 2.08. The van der Waals surface area contributed by atoms with Crippen molar-refractivity contribution in [2.45, 2.75) is 13.0 Å². The Morgan fingerprint density at radius 3 is 2.77 bits per heavy atom. The smallest absolute Gasteiger partial charge is 0.226 e. The molecule has 0 atom stereocenters. The van der Waals surface area contributed by atoms with Gasteiger partial charge in [-0.1, -0.05) is 6.07 Å². The zero-order valence-electron chi connectivity index (χ0n) is 16.2. The van der Waals surface area contributed by atoms with Crippen molar-refractivity contribution in [1.82, 2.24) is 30.2 Å². The number of nitrogens with zero attached hydrogens (tertiary/aromatic N) is 5. The van der Waals surface area contributed by atoms with Crippen LogP contribution in [0.15, 0.2) is 64.3 Å². The van der Waals surface area contributed by atoms with Crippen LogP contribution in [-0.2, 0) is 13.0 Å². The number of nitrogens with one attached hydrogen (secondary N) is 2. The van der Waals surface area contributed by atoms with E-state index in [2.05, 4.69) is 30.8 Å². The predicted octanol–water partition coefficient (Wildman–Crippen LogP) is 3.05. The van der Waals surface area contributed by atoms with E-state index in [1.807, 2.05) is 28.8 Å². The van der Waals surface area contributed by atoms with Gasteiger partial charge in [-0.15, -0.1) is 34.2 Å². The Kier molecular flexibility index (Phi) is 7.33. The largest absolute Gasteiger partial charge is 0.444 e. The third-order valence-electron chi connectivity index (χ3n) is 4.34. The van der Waals surface area contributed by atoms with E-state index in [-0.39, 0.29) is 29.8 Å². The first-order valence-corrected chi connectivity index (χ1v) is 9.16. The van der Waals surface area contributed by atoms with Crippen molar-refractivity contribution in [3.8, 4) is 11.5 Å². The summed E-state index contributed by atoms with van der Waals surface area (Å²) in [5, 5.41) is 14.8. The zero-order chi connectivity index (χ0) is 20.1. The number of aliphatic imine (C=N–C) groups is 1. The first kappa shape index (κ1) is 21.7. The number of pyridine rings is 1. The monoisotopic (exact) mass is 521 g/mol. The fourth-order valence-corrected chi connectivity index (χ4v) is 2.85. The summed E-state index contributed by atoms with van der Waals surface area (Å²) in [4.78, 5) is 8.66. The molecule has 10 heteroatoms. The molecule has 0 saturated carbocycles. The van der Waals surface area contributed by atoms with Gasteiger partial charge in [-0.25, -0.2) is 9.37 Å². The fraction of sp³-hybridized carbons (Fsp3) is 0.200. The van der Waals surface area contributed by atoms with Crippen molar-refractivity contribution in [1.29, 1.82) is 0 Å². The maximum atomic E-state index is 13.0. The summed E-state index contributed by atoms with van der Waals surface area (Å²) in [7, 11) is 1.71. The molecule has 0 aliphatic carbocycles. The highest BCUT2D eigenvalue weighted by Crippen LogP contribution is 2.18. The summed E-state index contributed by atoms with van der Waals surface area (Å²) < 4.78 is 20.4. The predicted molar refractivity (Wildman–Crippen MR) is 122 cm³/mol. The molecule has 8 nitrogen and oxygen atoms in total. The number of oxazole rings is 1. The van der Waals surface area contributed by atoms with E-state index in [4.69, 9.17) is 4.42 Å². The molecule has 2 N–H and O–H groups in total. The lowest BCUT2D eigenvalue weighted by atomic mass is 10.2. The molecule has 30 heavy (non-hydrogen) atoms. The summed E-state index contributed by atoms with van der Waals surface area (Å²) in [5.74, 6) is 1.63. The lowest BCUT2D eigenvalue weighted by Crippen LogP contribution is -2.38. The molecule has 0 bridgehead atoms. The van der Waals surface area contributed by atoms with Crippen LogP contribution in [-0.4, -0.2) is 39.1 Å². The second-order valence-corrected chi connectivity index (χ2v) is 6.30. The van der Waals surface area contributed by atoms with Gasteiger partial charge >= 0.3 is 0 Å². The summed E-state index contributed by atoms with van der Waals surface area (Å²) in [5.41, 5.74) is 2.34. The van der Waals surface area contributed by atoms with Crippen molar-refractivity contribution in [3.63, 3.8) is 0 Å². The zero-order valence-corrected chi connectivity index (χ0v) is 18.6. The number of halogens is 2. The molecule has 0 amide bonds. The molecule has 156 valence electrons. The van der Waals surface area contributed by atoms with Crippen molar-refractivity contribution in [2.75, 3.05) is 13.6 Å². The maximum absolute atomic E-state index is 13.0. The van der Waals surface area contributed by atoms with E-state index in [9.17, 15) is 4.39 Å². The van der Waals surface area contributed by atoms with E-state index in [0.29, 0.717) is 31.4 Å². The topological polar surface area (TPSA) is 92.6 Å². The van der Waals surface area contributed by atoms with Crippen LogP contribution in [0.5, 0.6) is 0 Å². The van der Waals surface area contributed by atoms with Gasteiger partial charge in [-0.05, 0) is 36.4 Å². The average molecular weight is 521 g/mol. The Morgan fingerprint density at radius 2 is 1.97 bits per heavy atom. The van der Waals surface area contributed by atoms with Crippen molar-refractivity contribution in [3.05, 3.63) is 72.3 Å². The minimum absolute atomic E-state index is 0. The maximum Gasteiger partial charge on any atom is 0.226 e. The van der Waals surface area contributed by atoms with E-state index < -0.39 is 0 Å². The Hall–Kier alpha value is -3.02. The number of aromatic nitrogens is 4. The van der Waals surface area contributed by atoms with Gasteiger partial charge in [0.05, 0.1) is 12.2 Å². The van der Waals surface area contributed by atoms with E-state index >= 15 is 0 Å². The standard InChI is InChI=1S/C20H20FN7O.HI/c1-22-20(24-12-18-27-26-17-4-2-3-11-28(17)18)23-10-9-16-13-29-19(25-16)14-5-7-15(21)8-6-14;/h2-8,11,13H,9-10,12H2,1H3,(H2,22,23,24);1H. The van der Waals surface area contributed by atoms with Crippen LogP contribution >= 0.6 is 24.0 Å². The lowest BCUT2D eigenvalue weighted by Gasteiger charge is -2.10. The van der Waals surface area contributed by atoms with Crippen LogP contribution in [0.2, 0.25) is 0 Å². The Labute approximate surface area is 189 Å². The van der Waals surface area contributed by atoms with Gasteiger partial charge in [0.1, 0.15) is 12.1 Å². The first-order chi connectivity index (χ1) is 14.2. The molecule has 0 saturated heterocycles. The van der Waals surface area contributed by atoms with Crippen LogP contribution in [0.1, 0.15) is 11.5 Å². The highest BCUT2D eigenvalue weighted by molar-refractivity contribution is 14.0. The average Bonchev–Trinajstić information content (AvgIpc) is 3.38. The van der Waals surface area contributed by atoms with Crippen molar-refractivity contribution in [2.24, 2.45) is 4.99 Å². The van der Waals surface area contributed by atoms with Crippen LogP contribution in [0.3, 0.4) is 0 Å². The molecule has 4 aromatic rings. The molecule has 1 aromatic carbocycles. The van der Waals surface area contributed by atoms with Crippen molar-refractivity contribution < 1.29 is 8.81 Å². The molecular formula is C20H21FIN7O. The number of hydrogen-bond acceptors (Lipinski definition) is 5. The SMILES string of the molecule is CN=C(NCCc1coc(-c2ccc(F)cc2)n1)NCc1nnc2ccccn12.I. The van der Waals surface area contributed by atoms with Gasteiger partial charge in [-0.3, -0.25) is 9.39 Å². The minimum Gasteiger partial charge on any atom is -0.444 e. The fourth-order valence-electron chi connectivity index (χ4n) is 2.85. The molecule has 3 heterocycles. The van der Waals surface area contributed by atoms with E-state index in [1.165, 1.54) is 12.1 Å². The number of benzene rings is 1. The normalized spacial score (nSPS) is 11.3. The second kappa shape index (κ2) is 10.1. The third-order valence-corrected chi connectivity index (χ3v) is 4.34. The van der Waals surface area contributed by atoms with Gasteiger partial charge in [0.2, 0.25) is 5.89 Å². The summed E-state index contributed by atoms with van der Waals surface area (Å²) in [6.45, 7) is 1.11. The molecule has 3 aromatic heterocycles. The summed E-state index contributed by atoms with van der Waals surface area (Å²) in [6.07, 6.45) is 4.18. The van der Waals surface area contributed by atoms with Gasteiger partial charge in [0, 0.05) is 31.8 Å². The van der Waals surface area contributed by atoms with Gasteiger partial charge < -0.3 is 15.1 Å². The Bertz CT molecular complexity index is 1120. The Morgan fingerprint density at radius 1 is 1.13 bits per heavy atom. The molecule has 4 rings (SSSR count). The number of hydrogen-bond donors (Lipinski definition) is 2. The second-order valence-electron chi connectivity index (χ2n) is 6.30. The van der Waals surface area contributed by atoms with Crippen LogP contribution < -0.4 is 10.6 Å². The van der Waals surface area contributed by atoms with E-state index in [1.54, 1.807) is 25.4 Å². The minimum atomic E-state index is -0.289. The van der Waals surface area contributed by atoms with Gasteiger partial charge in [0.15, 0.2) is 17.4 Å². The van der Waals surface area contributed by atoms with Crippen LogP contribution in [0.25, 0.3) is 17.1 Å². The van der Waals surface area contributed by atoms with Gasteiger partial charge in [-0.2, -0.15) is 0 Å². The molecule has 0 fully saturated rings. The molecular weight excluding hydrogens is 500 g/mol.